The summed E-state index contributed by atoms with van der Waals surface area (Å²) < 4.78 is 14.8. The molecule has 0 spiro atoms. The second-order valence-electron chi connectivity index (χ2n) is 7.15. The highest BCUT2D eigenvalue weighted by Gasteiger charge is 2.12. The van der Waals surface area contributed by atoms with E-state index in [1.807, 2.05) is 32.0 Å². The van der Waals surface area contributed by atoms with Gasteiger partial charge in [0, 0.05) is 17.8 Å². The molecule has 0 radical (unpaired) electrons. The number of carbonyl (C=O) groups is 1. The third kappa shape index (κ3) is 4.46. The lowest BCUT2D eigenvalue weighted by Gasteiger charge is -2.16. The molecule has 1 atom stereocenters. The van der Waals surface area contributed by atoms with E-state index < -0.39 is 5.82 Å². The minimum Gasteiger partial charge on any atom is -0.348 e. The van der Waals surface area contributed by atoms with Gasteiger partial charge in [-0.25, -0.2) is 19.3 Å². The SMILES string of the molecule is Cc1ccc2ccc(Nc3ccc(C(C)Nc4ncc(C=O)cn4)cc3F)nc2c1Cl. The Bertz CT molecular complexity index is 1260. The van der Waals surface area contributed by atoms with E-state index in [2.05, 4.69) is 25.6 Å². The Labute approximate surface area is 183 Å². The zero-order valence-corrected chi connectivity index (χ0v) is 17.6. The molecular weight excluding hydrogens is 417 g/mol. The van der Waals surface area contributed by atoms with Crippen molar-refractivity contribution in [3.63, 3.8) is 0 Å². The Morgan fingerprint density at radius 1 is 1.10 bits per heavy atom. The van der Waals surface area contributed by atoms with Gasteiger partial charge in [-0.15, -0.1) is 0 Å². The zero-order valence-electron chi connectivity index (χ0n) is 16.9. The van der Waals surface area contributed by atoms with Crippen LogP contribution in [0.3, 0.4) is 0 Å². The average molecular weight is 436 g/mol. The highest BCUT2D eigenvalue weighted by molar-refractivity contribution is 6.35. The number of pyridine rings is 1. The molecule has 6 nitrogen and oxygen atoms in total. The van der Waals surface area contributed by atoms with Crippen molar-refractivity contribution in [2.75, 3.05) is 10.6 Å². The van der Waals surface area contributed by atoms with Gasteiger partial charge in [-0.1, -0.05) is 29.8 Å². The average Bonchev–Trinajstić information content (AvgIpc) is 2.78. The molecule has 0 aliphatic carbocycles. The smallest absolute Gasteiger partial charge is 0.223 e. The molecule has 4 rings (SSSR count). The van der Waals surface area contributed by atoms with Crippen LogP contribution in [0.4, 0.5) is 21.8 Å². The summed E-state index contributed by atoms with van der Waals surface area (Å²) in [6.07, 6.45) is 3.52. The molecule has 0 saturated heterocycles. The molecule has 2 aromatic heterocycles. The summed E-state index contributed by atoms with van der Waals surface area (Å²) in [5.74, 6) is 0.440. The van der Waals surface area contributed by atoms with Gasteiger partial charge < -0.3 is 10.6 Å². The van der Waals surface area contributed by atoms with E-state index in [0.717, 1.165) is 16.5 Å². The fourth-order valence-corrected chi connectivity index (χ4v) is 3.33. The van der Waals surface area contributed by atoms with E-state index in [-0.39, 0.29) is 6.04 Å². The molecule has 0 aliphatic rings. The highest BCUT2D eigenvalue weighted by atomic mass is 35.5. The molecule has 2 aromatic carbocycles. The quantitative estimate of drug-likeness (QED) is 0.369. The van der Waals surface area contributed by atoms with Crippen LogP contribution in [0.2, 0.25) is 5.02 Å². The van der Waals surface area contributed by atoms with Crippen molar-refractivity contribution in [2.45, 2.75) is 19.9 Å². The fraction of sp³-hybridized carbons (Fsp3) is 0.130. The van der Waals surface area contributed by atoms with Crippen LogP contribution in [0, 0.1) is 12.7 Å². The van der Waals surface area contributed by atoms with Crippen molar-refractivity contribution >= 4 is 46.2 Å². The predicted octanol–water partition coefficient (Wildman–Crippen LogP) is 5.85. The first kappa shape index (κ1) is 20.7. The molecule has 0 saturated carbocycles. The van der Waals surface area contributed by atoms with Crippen molar-refractivity contribution < 1.29 is 9.18 Å². The summed E-state index contributed by atoms with van der Waals surface area (Å²) in [6, 6.07) is 12.2. The predicted molar refractivity (Wildman–Crippen MR) is 121 cm³/mol. The molecule has 2 heterocycles. The van der Waals surface area contributed by atoms with Gasteiger partial charge >= 0.3 is 0 Å². The molecule has 0 aliphatic heterocycles. The van der Waals surface area contributed by atoms with Crippen LogP contribution in [0.1, 0.15) is 34.5 Å². The molecule has 156 valence electrons. The summed E-state index contributed by atoms with van der Waals surface area (Å²) in [5, 5.41) is 7.60. The number of hydrogen-bond donors (Lipinski definition) is 2. The van der Waals surface area contributed by atoms with Gasteiger partial charge in [0.2, 0.25) is 5.95 Å². The third-order valence-electron chi connectivity index (χ3n) is 4.90. The molecule has 0 fully saturated rings. The standard InChI is InChI=1S/C23H19ClFN5O/c1-13-3-4-16-6-8-20(30-22(16)21(13)24)29-19-7-5-17(9-18(19)25)14(2)28-23-26-10-15(12-31)11-27-23/h3-12,14H,1-2H3,(H,29,30)(H,26,27,28). The first-order chi connectivity index (χ1) is 14.9. The number of carbonyl (C=O) groups excluding carboxylic acids is 1. The van der Waals surface area contributed by atoms with Gasteiger partial charge in [0.05, 0.1) is 27.8 Å². The Morgan fingerprint density at radius 2 is 1.84 bits per heavy atom. The molecule has 2 N–H and O–H groups in total. The second-order valence-corrected chi connectivity index (χ2v) is 7.53. The first-order valence-corrected chi connectivity index (χ1v) is 9.98. The Hall–Kier alpha value is -3.58. The number of anilines is 3. The van der Waals surface area contributed by atoms with Gasteiger partial charge in [-0.2, -0.15) is 0 Å². The van der Waals surface area contributed by atoms with Gasteiger partial charge in [0.1, 0.15) is 11.6 Å². The van der Waals surface area contributed by atoms with Crippen molar-refractivity contribution in [1.82, 2.24) is 15.0 Å². The van der Waals surface area contributed by atoms with E-state index in [0.29, 0.717) is 39.8 Å². The zero-order chi connectivity index (χ0) is 22.0. The van der Waals surface area contributed by atoms with Gasteiger partial charge in [-0.3, -0.25) is 4.79 Å². The lowest BCUT2D eigenvalue weighted by molar-refractivity contribution is 0.112. The maximum absolute atomic E-state index is 14.8. The first-order valence-electron chi connectivity index (χ1n) is 9.60. The number of halogens is 2. The maximum atomic E-state index is 14.8. The maximum Gasteiger partial charge on any atom is 0.223 e. The topological polar surface area (TPSA) is 79.8 Å². The van der Waals surface area contributed by atoms with E-state index in [1.54, 1.807) is 18.2 Å². The second kappa shape index (κ2) is 8.65. The van der Waals surface area contributed by atoms with E-state index in [1.165, 1.54) is 18.5 Å². The van der Waals surface area contributed by atoms with Crippen molar-refractivity contribution in [1.29, 1.82) is 0 Å². The number of aldehydes is 1. The summed E-state index contributed by atoms with van der Waals surface area (Å²) >= 11 is 6.37. The number of aromatic nitrogens is 3. The monoisotopic (exact) mass is 435 g/mol. The summed E-state index contributed by atoms with van der Waals surface area (Å²) in [4.78, 5) is 23.4. The normalized spacial score (nSPS) is 11.9. The molecule has 0 amide bonds. The van der Waals surface area contributed by atoms with Crippen molar-refractivity contribution in [3.05, 3.63) is 82.4 Å². The largest absolute Gasteiger partial charge is 0.348 e. The minimum absolute atomic E-state index is 0.244. The molecule has 4 aromatic rings. The van der Waals surface area contributed by atoms with E-state index in [4.69, 9.17) is 11.6 Å². The van der Waals surface area contributed by atoms with Crippen LogP contribution >= 0.6 is 11.6 Å². The number of aryl methyl sites for hydroxylation is 1. The Balaban J connectivity index is 1.52. The number of fused-ring (bicyclic) bond motifs is 1. The van der Waals surface area contributed by atoms with Crippen molar-refractivity contribution in [2.24, 2.45) is 0 Å². The third-order valence-corrected chi connectivity index (χ3v) is 5.38. The van der Waals surface area contributed by atoms with Crippen molar-refractivity contribution in [3.8, 4) is 0 Å². The van der Waals surface area contributed by atoms with E-state index >= 15 is 0 Å². The minimum atomic E-state index is -0.416. The van der Waals surface area contributed by atoms with Crippen LogP contribution in [0.25, 0.3) is 10.9 Å². The lowest BCUT2D eigenvalue weighted by atomic mass is 10.1. The van der Waals surface area contributed by atoms with Crippen LogP contribution in [-0.2, 0) is 0 Å². The number of benzene rings is 2. The molecular formula is C23H19ClFN5O. The summed E-state index contributed by atoms with van der Waals surface area (Å²) in [7, 11) is 0. The number of nitrogens with zero attached hydrogens (tertiary/aromatic N) is 3. The highest BCUT2D eigenvalue weighted by Crippen LogP contribution is 2.29. The molecule has 0 bridgehead atoms. The van der Waals surface area contributed by atoms with E-state index in [9.17, 15) is 9.18 Å². The van der Waals surface area contributed by atoms with Gasteiger partial charge in [0.25, 0.3) is 0 Å². The van der Waals surface area contributed by atoms with Crippen LogP contribution in [-0.4, -0.2) is 21.2 Å². The lowest BCUT2D eigenvalue weighted by Crippen LogP contribution is -2.10. The van der Waals surface area contributed by atoms with Crippen LogP contribution in [0.5, 0.6) is 0 Å². The van der Waals surface area contributed by atoms with Crippen LogP contribution < -0.4 is 10.6 Å². The number of nitrogens with one attached hydrogen (secondary N) is 2. The van der Waals surface area contributed by atoms with Gasteiger partial charge in [0.15, 0.2) is 6.29 Å². The number of rotatable bonds is 6. The molecule has 8 heteroatoms. The summed E-state index contributed by atoms with van der Waals surface area (Å²) in [6.45, 7) is 3.78. The fourth-order valence-electron chi connectivity index (χ4n) is 3.11. The number of hydrogen-bond acceptors (Lipinski definition) is 6. The Kier molecular flexibility index (Phi) is 5.77. The molecule has 31 heavy (non-hydrogen) atoms. The van der Waals surface area contributed by atoms with Gasteiger partial charge in [-0.05, 0) is 49.2 Å². The summed E-state index contributed by atoms with van der Waals surface area (Å²) in [5.41, 5.74) is 3.01. The Morgan fingerprint density at radius 3 is 2.55 bits per heavy atom. The van der Waals surface area contributed by atoms with Crippen LogP contribution in [0.15, 0.2) is 54.9 Å². The molecule has 1 unspecified atom stereocenters.